The van der Waals surface area contributed by atoms with E-state index >= 15 is 0 Å². The van der Waals surface area contributed by atoms with Crippen molar-refractivity contribution in [2.45, 2.75) is 47.5 Å². The van der Waals surface area contributed by atoms with E-state index in [9.17, 15) is 9.59 Å². The van der Waals surface area contributed by atoms with Crippen LogP contribution in [0.2, 0.25) is 0 Å². The Morgan fingerprint density at radius 2 is 1.48 bits per heavy atom. The van der Waals surface area contributed by atoms with Crippen LogP contribution >= 0.6 is 0 Å². The van der Waals surface area contributed by atoms with Gasteiger partial charge in [-0.15, -0.1) is 0 Å². The molecular weight excluding hydrogens is 268 g/mol. The zero-order valence-electron chi connectivity index (χ0n) is 13.8. The second-order valence-electron chi connectivity index (χ2n) is 4.27. The maximum atomic E-state index is 10.1. The largest absolute Gasteiger partial charge is 0.466 e. The highest BCUT2D eigenvalue weighted by atomic mass is 16.5. The Balaban J connectivity index is 0. The number of hydrogen-bond acceptors (Lipinski definition) is 4. The van der Waals surface area contributed by atoms with Crippen LogP contribution in [0.5, 0.6) is 0 Å². The molecule has 0 unspecified atom stereocenters. The Kier molecular flexibility index (Phi) is 16.6. The van der Waals surface area contributed by atoms with Crippen molar-refractivity contribution in [3.8, 4) is 0 Å². The van der Waals surface area contributed by atoms with Gasteiger partial charge in [0.1, 0.15) is 0 Å². The molecule has 0 N–H and O–H groups in total. The highest BCUT2D eigenvalue weighted by Gasteiger charge is 1.88. The van der Waals surface area contributed by atoms with E-state index in [1.54, 1.807) is 6.92 Å². The fourth-order valence-electron chi connectivity index (χ4n) is 1.10. The molecule has 0 bridgehead atoms. The van der Waals surface area contributed by atoms with Crippen LogP contribution in [0, 0.1) is 6.92 Å². The monoisotopic (exact) mass is 296 g/mol. The van der Waals surface area contributed by atoms with E-state index in [-0.39, 0.29) is 11.9 Å². The van der Waals surface area contributed by atoms with E-state index in [0.29, 0.717) is 13.2 Å². The molecular formula is C17H28O4. The van der Waals surface area contributed by atoms with E-state index < -0.39 is 0 Å². The first kappa shape index (κ1) is 21.5. The van der Waals surface area contributed by atoms with E-state index in [1.807, 2.05) is 18.2 Å². The minimum Gasteiger partial charge on any atom is -0.466 e. The van der Waals surface area contributed by atoms with Gasteiger partial charge in [-0.1, -0.05) is 49.2 Å². The van der Waals surface area contributed by atoms with Gasteiger partial charge in [0, 0.05) is 13.8 Å². The number of carbonyl (C=O) groups is 2. The van der Waals surface area contributed by atoms with Crippen LogP contribution in [0.1, 0.15) is 46.1 Å². The number of aryl methyl sites for hydroxylation is 1. The fraction of sp³-hybridized carbons (Fsp3) is 0.529. The van der Waals surface area contributed by atoms with Gasteiger partial charge in [-0.25, -0.2) is 0 Å². The standard InChI is InChI=1S/C7H8.C6H12O2.C4H8O2/c1-7-5-3-2-4-6-7;1-3-4-5-8-6(2)7;1-3-6-4(2)5/h2-6H,1H3;3-5H2,1-2H3;3H2,1-2H3. The molecule has 0 saturated carbocycles. The molecule has 0 spiro atoms. The van der Waals surface area contributed by atoms with Crippen LogP contribution in [0.25, 0.3) is 0 Å². The topological polar surface area (TPSA) is 52.6 Å². The van der Waals surface area contributed by atoms with Gasteiger partial charge in [0.2, 0.25) is 0 Å². The van der Waals surface area contributed by atoms with Crippen LogP contribution in [0.4, 0.5) is 0 Å². The maximum Gasteiger partial charge on any atom is 0.302 e. The quantitative estimate of drug-likeness (QED) is 0.624. The average Bonchev–Trinajstić information content (AvgIpc) is 2.41. The molecule has 1 aromatic carbocycles. The van der Waals surface area contributed by atoms with Gasteiger partial charge < -0.3 is 9.47 Å². The number of benzene rings is 1. The molecule has 0 radical (unpaired) electrons. The lowest BCUT2D eigenvalue weighted by atomic mass is 10.2. The summed E-state index contributed by atoms with van der Waals surface area (Å²) >= 11 is 0. The predicted molar refractivity (Wildman–Crippen MR) is 85.0 cm³/mol. The Hall–Kier alpha value is -1.84. The number of unbranched alkanes of at least 4 members (excludes halogenated alkanes) is 1. The molecule has 0 aliphatic heterocycles. The normalized spacial score (nSPS) is 8.43. The minimum absolute atomic E-state index is 0.182. The molecule has 0 saturated heterocycles. The highest BCUT2D eigenvalue weighted by Crippen LogP contribution is 1.92. The Morgan fingerprint density at radius 1 is 0.952 bits per heavy atom. The Morgan fingerprint density at radius 3 is 1.71 bits per heavy atom. The second-order valence-corrected chi connectivity index (χ2v) is 4.27. The number of rotatable bonds is 4. The number of esters is 2. The lowest BCUT2D eigenvalue weighted by Crippen LogP contribution is -1.99. The summed E-state index contributed by atoms with van der Waals surface area (Å²) < 4.78 is 9.05. The summed E-state index contributed by atoms with van der Waals surface area (Å²) in [5, 5.41) is 0. The van der Waals surface area contributed by atoms with Gasteiger partial charge in [-0.05, 0) is 20.3 Å². The van der Waals surface area contributed by atoms with Crippen LogP contribution in [-0.2, 0) is 19.1 Å². The van der Waals surface area contributed by atoms with E-state index in [1.165, 1.54) is 19.4 Å². The van der Waals surface area contributed by atoms with Crippen molar-refractivity contribution in [2.24, 2.45) is 0 Å². The van der Waals surface area contributed by atoms with Gasteiger partial charge in [0.05, 0.1) is 13.2 Å². The molecule has 4 nitrogen and oxygen atoms in total. The summed E-state index contributed by atoms with van der Waals surface area (Å²) in [6, 6.07) is 10.3. The first-order valence-corrected chi connectivity index (χ1v) is 7.22. The van der Waals surface area contributed by atoms with Crippen molar-refractivity contribution >= 4 is 11.9 Å². The van der Waals surface area contributed by atoms with E-state index in [2.05, 4.69) is 35.5 Å². The van der Waals surface area contributed by atoms with Crippen LogP contribution < -0.4 is 0 Å². The summed E-state index contributed by atoms with van der Waals surface area (Å²) in [4.78, 5) is 19.9. The minimum atomic E-state index is -0.211. The van der Waals surface area contributed by atoms with Crippen LogP contribution in [0.15, 0.2) is 30.3 Å². The lowest BCUT2D eigenvalue weighted by Gasteiger charge is -1.96. The lowest BCUT2D eigenvalue weighted by molar-refractivity contribution is -0.141. The van der Waals surface area contributed by atoms with E-state index in [0.717, 1.165) is 12.8 Å². The molecule has 0 amide bonds. The van der Waals surface area contributed by atoms with Crippen LogP contribution in [-0.4, -0.2) is 25.2 Å². The first-order valence-electron chi connectivity index (χ1n) is 7.22. The molecule has 0 aliphatic carbocycles. The van der Waals surface area contributed by atoms with Gasteiger partial charge in [-0.3, -0.25) is 9.59 Å². The molecule has 4 heteroatoms. The smallest absolute Gasteiger partial charge is 0.302 e. The summed E-state index contributed by atoms with van der Waals surface area (Å²) in [5.41, 5.74) is 1.32. The fourth-order valence-corrected chi connectivity index (χ4v) is 1.10. The van der Waals surface area contributed by atoms with Gasteiger partial charge in [0.25, 0.3) is 0 Å². The number of carbonyl (C=O) groups excluding carboxylic acids is 2. The summed E-state index contributed by atoms with van der Waals surface area (Å²) in [6.07, 6.45) is 2.05. The zero-order chi connectivity index (χ0) is 16.5. The molecule has 0 aliphatic rings. The zero-order valence-corrected chi connectivity index (χ0v) is 13.8. The van der Waals surface area contributed by atoms with Crippen LogP contribution in [0.3, 0.4) is 0 Å². The molecule has 1 rings (SSSR count). The molecule has 0 heterocycles. The summed E-state index contributed by atoms with van der Waals surface area (Å²) in [5.74, 6) is -0.393. The molecule has 0 atom stereocenters. The molecule has 120 valence electrons. The van der Waals surface area contributed by atoms with Crippen molar-refractivity contribution in [2.75, 3.05) is 13.2 Å². The van der Waals surface area contributed by atoms with Gasteiger partial charge in [0.15, 0.2) is 0 Å². The SMILES string of the molecule is CCCCOC(C)=O.CCOC(C)=O.Cc1ccccc1. The van der Waals surface area contributed by atoms with E-state index in [4.69, 9.17) is 0 Å². The number of ether oxygens (including phenoxy) is 2. The summed E-state index contributed by atoms with van der Waals surface area (Å²) in [7, 11) is 0. The van der Waals surface area contributed by atoms with Crippen molar-refractivity contribution in [3.05, 3.63) is 35.9 Å². The first-order chi connectivity index (χ1) is 9.93. The molecule has 21 heavy (non-hydrogen) atoms. The van der Waals surface area contributed by atoms with Gasteiger partial charge in [-0.2, -0.15) is 0 Å². The third-order valence-corrected chi connectivity index (χ3v) is 2.09. The van der Waals surface area contributed by atoms with Crippen molar-refractivity contribution < 1.29 is 19.1 Å². The third kappa shape index (κ3) is 23.7. The van der Waals surface area contributed by atoms with Crippen molar-refractivity contribution in [1.29, 1.82) is 0 Å². The molecule has 1 aromatic rings. The third-order valence-electron chi connectivity index (χ3n) is 2.09. The van der Waals surface area contributed by atoms with Gasteiger partial charge >= 0.3 is 11.9 Å². The predicted octanol–water partition coefficient (Wildman–Crippen LogP) is 3.91. The van der Waals surface area contributed by atoms with Crippen molar-refractivity contribution in [1.82, 2.24) is 0 Å². The Bertz CT molecular complexity index is 360. The Labute approximate surface area is 128 Å². The highest BCUT2D eigenvalue weighted by molar-refractivity contribution is 5.66. The average molecular weight is 296 g/mol. The number of hydrogen-bond donors (Lipinski definition) is 0. The second kappa shape index (κ2) is 16.2. The molecule has 0 aromatic heterocycles. The summed E-state index contributed by atoms with van der Waals surface area (Å²) in [6.45, 7) is 9.80. The van der Waals surface area contributed by atoms with Crippen molar-refractivity contribution in [3.63, 3.8) is 0 Å². The molecule has 0 fully saturated rings. The maximum absolute atomic E-state index is 10.1.